The third kappa shape index (κ3) is 5.69. The summed E-state index contributed by atoms with van der Waals surface area (Å²) in [6, 6.07) is 3.36. The normalized spacial score (nSPS) is 10.5. The first kappa shape index (κ1) is 17.4. The van der Waals surface area contributed by atoms with Crippen LogP contribution >= 0.6 is 11.6 Å². The van der Waals surface area contributed by atoms with Crippen molar-refractivity contribution in [2.75, 3.05) is 38.5 Å². The number of nitrogens with zero attached hydrogens (tertiary/aromatic N) is 3. The molecule has 0 aliphatic carbocycles. The number of halogens is 1. The summed E-state index contributed by atoms with van der Waals surface area (Å²) in [4.78, 5) is 31.1. The SMILES string of the molecule is CCN(CC)C(=O)CN(C)CC(=O)Nc1cccnc1Cl. The molecule has 0 aliphatic heterocycles. The Bertz CT molecular complexity index is 492. The van der Waals surface area contributed by atoms with E-state index in [9.17, 15) is 9.59 Å². The number of likely N-dealkylation sites (N-methyl/N-ethyl adjacent to an activating group) is 2. The molecule has 0 aliphatic rings. The Labute approximate surface area is 130 Å². The number of aromatic nitrogens is 1. The van der Waals surface area contributed by atoms with Crippen LogP contribution in [0.3, 0.4) is 0 Å². The largest absolute Gasteiger partial charge is 0.342 e. The maximum atomic E-state index is 11.9. The first-order valence-corrected chi connectivity index (χ1v) is 7.22. The van der Waals surface area contributed by atoms with Gasteiger partial charge in [0, 0.05) is 19.3 Å². The highest BCUT2D eigenvalue weighted by atomic mass is 35.5. The van der Waals surface area contributed by atoms with Crippen LogP contribution in [0, 0.1) is 0 Å². The Kier molecular flexibility index (Phi) is 7.11. The lowest BCUT2D eigenvalue weighted by Crippen LogP contribution is -2.41. The Hall–Kier alpha value is -1.66. The molecule has 1 rings (SSSR count). The maximum Gasteiger partial charge on any atom is 0.238 e. The molecule has 1 heterocycles. The van der Waals surface area contributed by atoms with Crippen LogP contribution in [0.1, 0.15) is 13.8 Å². The summed E-state index contributed by atoms with van der Waals surface area (Å²) in [5.74, 6) is -0.227. The predicted molar refractivity (Wildman–Crippen MR) is 83.3 cm³/mol. The zero-order valence-electron chi connectivity index (χ0n) is 12.6. The second-order valence-corrected chi connectivity index (χ2v) is 4.99. The summed E-state index contributed by atoms with van der Waals surface area (Å²) in [7, 11) is 1.73. The summed E-state index contributed by atoms with van der Waals surface area (Å²) >= 11 is 5.87. The fourth-order valence-electron chi connectivity index (χ4n) is 1.88. The van der Waals surface area contributed by atoms with Crippen molar-refractivity contribution >= 4 is 29.1 Å². The number of rotatable bonds is 7. The lowest BCUT2D eigenvalue weighted by atomic mass is 10.4. The van der Waals surface area contributed by atoms with Crippen molar-refractivity contribution in [1.82, 2.24) is 14.8 Å². The van der Waals surface area contributed by atoms with Crippen molar-refractivity contribution in [3.63, 3.8) is 0 Å². The topological polar surface area (TPSA) is 65.5 Å². The number of carbonyl (C=O) groups is 2. The van der Waals surface area contributed by atoms with Crippen molar-refractivity contribution in [1.29, 1.82) is 0 Å². The minimum Gasteiger partial charge on any atom is -0.342 e. The molecular weight excluding hydrogens is 292 g/mol. The summed E-state index contributed by atoms with van der Waals surface area (Å²) in [5.41, 5.74) is 0.465. The van der Waals surface area contributed by atoms with Crippen LogP contribution in [0.2, 0.25) is 5.15 Å². The molecule has 0 spiro atoms. The molecule has 1 aromatic heterocycles. The molecule has 0 aromatic carbocycles. The van der Waals surface area contributed by atoms with Gasteiger partial charge in [0.15, 0.2) is 5.15 Å². The number of hydrogen-bond acceptors (Lipinski definition) is 4. The van der Waals surface area contributed by atoms with Crippen molar-refractivity contribution in [3.8, 4) is 0 Å². The van der Waals surface area contributed by atoms with Crippen molar-refractivity contribution < 1.29 is 9.59 Å². The number of nitrogens with one attached hydrogen (secondary N) is 1. The highest BCUT2D eigenvalue weighted by Gasteiger charge is 2.15. The lowest BCUT2D eigenvalue weighted by Gasteiger charge is -2.22. The van der Waals surface area contributed by atoms with E-state index in [1.165, 1.54) is 0 Å². The van der Waals surface area contributed by atoms with Gasteiger partial charge in [0.05, 0.1) is 18.8 Å². The zero-order valence-corrected chi connectivity index (χ0v) is 13.4. The van der Waals surface area contributed by atoms with Crippen LogP contribution in [0.25, 0.3) is 0 Å². The average molecular weight is 313 g/mol. The molecule has 7 heteroatoms. The monoisotopic (exact) mass is 312 g/mol. The van der Waals surface area contributed by atoms with Gasteiger partial charge in [-0.3, -0.25) is 14.5 Å². The second kappa shape index (κ2) is 8.59. The van der Waals surface area contributed by atoms with Crippen molar-refractivity contribution in [3.05, 3.63) is 23.5 Å². The molecule has 0 radical (unpaired) electrons. The average Bonchev–Trinajstić information content (AvgIpc) is 2.42. The number of hydrogen-bond donors (Lipinski definition) is 1. The fraction of sp³-hybridized carbons (Fsp3) is 0.500. The van der Waals surface area contributed by atoms with Gasteiger partial charge < -0.3 is 10.2 Å². The van der Waals surface area contributed by atoms with Gasteiger partial charge in [-0.05, 0) is 33.0 Å². The van der Waals surface area contributed by atoms with Gasteiger partial charge in [-0.25, -0.2) is 4.98 Å². The summed E-state index contributed by atoms with van der Waals surface area (Å²) in [6.07, 6.45) is 1.55. The van der Waals surface area contributed by atoms with Crippen LogP contribution < -0.4 is 5.32 Å². The fourth-order valence-corrected chi connectivity index (χ4v) is 2.04. The first-order valence-electron chi connectivity index (χ1n) is 6.84. The maximum absolute atomic E-state index is 11.9. The molecule has 21 heavy (non-hydrogen) atoms. The van der Waals surface area contributed by atoms with Crippen molar-refractivity contribution in [2.24, 2.45) is 0 Å². The smallest absolute Gasteiger partial charge is 0.238 e. The van der Waals surface area contributed by atoms with E-state index in [1.807, 2.05) is 13.8 Å². The Balaban J connectivity index is 2.47. The van der Waals surface area contributed by atoms with E-state index in [0.717, 1.165) is 0 Å². The number of carbonyl (C=O) groups excluding carboxylic acids is 2. The summed E-state index contributed by atoms with van der Waals surface area (Å²) in [6.45, 7) is 5.51. The Morgan fingerprint density at radius 2 is 1.95 bits per heavy atom. The highest BCUT2D eigenvalue weighted by molar-refractivity contribution is 6.32. The number of amides is 2. The van der Waals surface area contributed by atoms with Gasteiger partial charge in [0.25, 0.3) is 0 Å². The molecule has 0 bridgehead atoms. The van der Waals surface area contributed by atoms with Gasteiger partial charge in [-0.2, -0.15) is 0 Å². The standard InChI is InChI=1S/C14H21ClN4O2/c1-4-19(5-2)13(21)10-18(3)9-12(20)17-11-7-6-8-16-14(11)15/h6-8H,4-5,9-10H2,1-3H3,(H,17,20). The van der Waals surface area contributed by atoms with Crippen LogP contribution in [-0.2, 0) is 9.59 Å². The summed E-state index contributed by atoms with van der Waals surface area (Å²) < 4.78 is 0. The first-order chi connectivity index (χ1) is 9.97. The molecule has 1 N–H and O–H groups in total. The quantitative estimate of drug-likeness (QED) is 0.774. The van der Waals surface area contributed by atoms with Crippen LogP contribution in [0.5, 0.6) is 0 Å². The van der Waals surface area contributed by atoms with E-state index in [1.54, 1.807) is 35.2 Å². The molecule has 0 fully saturated rings. The van der Waals surface area contributed by atoms with E-state index in [0.29, 0.717) is 18.8 Å². The Morgan fingerprint density at radius 3 is 2.52 bits per heavy atom. The van der Waals surface area contributed by atoms with E-state index >= 15 is 0 Å². The minimum atomic E-state index is -0.236. The third-order valence-corrected chi connectivity index (χ3v) is 3.27. The molecule has 0 saturated carbocycles. The highest BCUT2D eigenvalue weighted by Crippen LogP contribution is 2.17. The van der Waals surface area contributed by atoms with Crippen LogP contribution in [0.15, 0.2) is 18.3 Å². The zero-order chi connectivity index (χ0) is 15.8. The molecule has 1 aromatic rings. The van der Waals surface area contributed by atoms with Crippen LogP contribution in [-0.4, -0.2) is 59.8 Å². The van der Waals surface area contributed by atoms with E-state index < -0.39 is 0 Å². The van der Waals surface area contributed by atoms with Gasteiger partial charge in [-0.1, -0.05) is 11.6 Å². The van der Waals surface area contributed by atoms with E-state index in [4.69, 9.17) is 11.6 Å². The van der Waals surface area contributed by atoms with Gasteiger partial charge >= 0.3 is 0 Å². The third-order valence-electron chi connectivity index (χ3n) is 2.97. The molecular formula is C14H21ClN4O2. The predicted octanol–water partition coefficient (Wildman–Crippen LogP) is 1.47. The molecule has 0 saturated heterocycles. The van der Waals surface area contributed by atoms with Crippen LogP contribution in [0.4, 0.5) is 5.69 Å². The lowest BCUT2D eigenvalue weighted by molar-refractivity contribution is -0.132. The molecule has 0 atom stereocenters. The van der Waals surface area contributed by atoms with Gasteiger partial charge in [-0.15, -0.1) is 0 Å². The molecule has 6 nitrogen and oxygen atoms in total. The van der Waals surface area contributed by atoms with Gasteiger partial charge in [0.2, 0.25) is 11.8 Å². The number of anilines is 1. The van der Waals surface area contributed by atoms with Gasteiger partial charge in [0.1, 0.15) is 0 Å². The molecule has 116 valence electrons. The Morgan fingerprint density at radius 1 is 1.29 bits per heavy atom. The molecule has 2 amide bonds. The summed E-state index contributed by atoms with van der Waals surface area (Å²) in [5, 5.41) is 2.91. The minimum absolute atomic E-state index is 0.00899. The van der Waals surface area contributed by atoms with Crippen molar-refractivity contribution in [2.45, 2.75) is 13.8 Å². The molecule has 0 unspecified atom stereocenters. The van der Waals surface area contributed by atoms with E-state index in [-0.39, 0.29) is 30.1 Å². The van der Waals surface area contributed by atoms with E-state index in [2.05, 4.69) is 10.3 Å². The second-order valence-electron chi connectivity index (χ2n) is 4.63. The number of pyridine rings is 1.